The second-order valence-corrected chi connectivity index (χ2v) is 4.79. The van der Waals surface area contributed by atoms with Crippen LogP contribution in [-0.2, 0) is 24.8 Å². The maximum atomic E-state index is 10.9. The molecule has 0 aliphatic carbocycles. The van der Waals surface area contributed by atoms with Crippen LogP contribution in [0, 0.1) is 0 Å². The van der Waals surface area contributed by atoms with Gasteiger partial charge in [0.1, 0.15) is 0 Å². The van der Waals surface area contributed by atoms with Gasteiger partial charge in [-0.15, -0.1) is 0 Å². The molecule has 0 saturated heterocycles. The van der Waals surface area contributed by atoms with Crippen molar-refractivity contribution < 1.29 is 4.79 Å². The number of hydrogen-bond donors (Lipinski definition) is 2. The van der Waals surface area contributed by atoms with Gasteiger partial charge in [-0.2, -0.15) is 5.10 Å². The summed E-state index contributed by atoms with van der Waals surface area (Å²) in [5.74, 6) is -0.0498. The summed E-state index contributed by atoms with van der Waals surface area (Å²) in [6, 6.07) is 9.89. The predicted molar refractivity (Wildman–Crippen MR) is 79.4 cm³/mol. The van der Waals surface area contributed by atoms with E-state index in [1.165, 1.54) is 12.5 Å². The van der Waals surface area contributed by atoms with Gasteiger partial charge in [0.25, 0.3) is 0 Å². The van der Waals surface area contributed by atoms with Crippen LogP contribution in [0.1, 0.15) is 18.2 Å². The summed E-state index contributed by atoms with van der Waals surface area (Å²) in [7, 11) is 1.92. The highest BCUT2D eigenvalue weighted by atomic mass is 16.1. The molecule has 0 saturated carbocycles. The van der Waals surface area contributed by atoms with E-state index in [0.29, 0.717) is 0 Å². The van der Waals surface area contributed by atoms with Gasteiger partial charge in [-0.3, -0.25) is 9.48 Å². The third-order valence-corrected chi connectivity index (χ3v) is 2.93. The van der Waals surface area contributed by atoms with E-state index in [4.69, 9.17) is 0 Å². The molecule has 2 rings (SSSR count). The number of amides is 1. The largest absolute Gasteiger partial charge is 0.326 e. The number of anilines is 1. The normalized spacial score (nSPS) is 10.5. The van der Waals surface area contributed by atoms with E-state index in [1.54, 1.807) is 0 Å². The SMILES string of the molecule is CC(=O)Nc1ccc(CNCCc2ccn(C)n2)cc1. The number of rotatable bonds is 6. The van der Waals surface area contributed by atoms with Gasteiger partial charge in [-0.25, -0.2) is 0 Å². The first-order chi connectivity index (χ1) is 9.63. The molecule has 2 N–H and O–H groups in total. The molecule has 0 aliphatic rings. The Balaban J connectivity index is 1.72. The number of carbonyl (C=O) groups excluding carboxylic acids is 1. The first-order valence-corrected chi connectivity index (χ1v) is 6.69. The lowest BCUT2D eigenvalue weighted by Gasteiger charge is -2.06. The second-order valence-electron chi connectivity index (χ2n) is 4.79. The lowest BCUT2D eigenvalue weighted by atomic mass is 10.2. The zero-order valence-corrected chi connectivity index (χ0v) is 11.9. The van der Waals surface area contributed by atoms with E-state index in [0.717, 1.165) is 30.9 Å². The van der Waals surface area contributed by atoms with Gasteiger partial charge in [0.15, 0.2) is 0 Å². The molecule has 0 atom stereocenters. The number of aryl methyl sites for hydroxylation is 1. The predicted octanol–water partition coefficient (Wildman–Crippen LogP) is 1.71. The molecular formula is C15H20N4O. The van der Waals surface area contributed by atoms with Crippen LogP contribution in [0.25, 0.3) is 0 Å². The molecule has 106 valence electrons. The van der Waals surface area contributed by atoms with Gasteiger partial charge >= 0.3 is 0 Å². The Hall–Kier alpha value is -2.14. The number of carbonyl (C=O) groups is 1. The number of aromatic nitrogens is 2. The fourth-order valence-corrected chi connectivity index (χ4v) is 1.95. The van der Waals surface area contributed by atoms with Crippen molar-refractivity contribution >= 4 is 11.6 Å². The summed E-state index contributed by atoms with van der Waals surface area (Å²) in [4.78, 5) is 10.9. The van der Waals surface area contributed by atoms with Crippen molar-refractivity contribution in [2.24, 2.45) is 7.05 Å². The molecular weight excluding hydrogens is 252 g/mol. The first kappa shape index (κ1) is 14.3. The number of hydrogen-bond acceptors (Lipinski definition) is 3. The van der Waals surface area contributed by atoms with Crippen molar-refractivity contribution in [1.29, 1.82) is 0 Å². The van der Waals surface area contributed by atoms with Crippen LogP contribution in [0.4, 0.5) is 5.69 Å². The number of benzene rings is 1. The Morgan fingerprint density at radius 1 is 1.25 bits per heavy atom. The van der Waals surface area contributed by atoms with Crippen molar-refractivity contribution in [2.45, 2.75) is 19.9 Å². The van der Waals surface area contributed by atoms with Gasteiger partial charge in [-0.1, -0.05) is 12.1 Å². The molecule has 5 heteroatoms. The van der Waals surface area contributed by atoms with Crippen LogP contribution in [0.2, 0.25) is 0 Å². The van der Waals surface area contributed by atoms with Gasteiger partial charge in [0.2, 0.25) is 5.91 Å². The van der Waals surface area contributed by atoms with Crippen molar-refractivity contribution in [3.05, 3.63) is 47.8 Å². The fraction of sp³-hybridized carbons (Fsp3) is 0.333. The maximum absolute atomic E-state index is 10.9. The smallest absolute Gasteiger partial charge is 0.221 e. The van der Waals surface area contributed by atoms with Crippen LogP contribution < -0.4 is 10.6 Å². The minimum Gasteiger partial charge on any atom is -0.326 e. The Bertz CT molecular complexity index is 560. The van der Waals surface area contributed by atoms with Crippen molar-refractivity contribution in [1.82, 2.24) is 15.1 Å². The van der Waals surface area contributed by atoms with Gasteiger partial charge in [0, 0.05) is 45.4 Å². The molecule has 1 aromatic heterocycles. The van der Waals surface area contributed by atoms with E-state index in [1.807, 2.05) is 48.3 Å². The van der Waals surface area contributed by atoms with Crippen LogP contribution in [-0.4, -0.2) is 22.2 Å². The summed E-state index contributed by atoms with van der Waals surface area (Å²) >= 11 is 0. The molecule has 5 nitrogen and oxygen atoms in total. The van der Waals surface area contributed by atoms with Gasteiger partial charge < -0.3 is 10.6 Å². The lowest BCUT2D eigenvalue weighted by molar-refractivity contribution is -0.114. The zero-order valence-electron chi connectivity index (χ0n) is 11.9. The summed E-state index contributed by atoms with van der Waals surface area (Å²) < 4.78 is 1.82. The molecule has 1 aromatic carbocycles. The van der Waals surface area contributed by atoms with Gasteiger partial charge in [-0.05, 0) is 23.8 Å². The average molecular weight is 272 g/mol. The van der Waals surface area contributed by atoms with Crippen LogP contribution in [0.5, 0.6) is 0 Å². The summed E-state index contributed by atoms with van der Waals surface area (Å²) in [5, 5.41) is 10.5. The van der Waals surface area contributed by atoms with E-state index in [9.17, 15) is 4.79 Å². The average Bonchev–Trinajstić information content (AvgIpc) is 2.82. The number of nitrogens with one attached hydrogen (secondary N) is 2. The van der Waals surface area contributed by atoms with E-state index < -0.39 is 0 Å². The Labute approximate surface area is 119 Å². The summed E-state index contributed by atoms with van der Waals surface area (Å²) in [5.41, 5.74) is 3.12. The van der Waals surface area contributed by atoms with Crippen molar-refractivity contribution in [2.75, 3.05) is 11.9 Å². The van der Waals surface area contributed by atoms with Crippen molar-refractivity contribution in [3.8, 4) is 0 Å². The molecule has 0 bridgehead atoms. The highest BCUT2D eigenvalue weighted by Crippen LogP contribution is 2.09. The molecule has 0 fully saturated rings. The minimum atomic E-state index is -0.0498. The summed E-state index contributed by atoms with van der Waals surface area (Å²) in [6.45, 7) is 3.21. The third kappa shape index (κ3) is 4.51. The Morgan fingerprint density at radius 3 is 2.60 bits per heavy atom. The van der Waals surface area contributed by atoms with Crippen LogP contribution in [0.3, 0.4) is 0 Å². The topological polar surface area (TPSA) is 59.0 Å². The number of nitrogens with zero attached hydrogens (tertiary/aromatic N) is 2. The third-order valence-electron chi connectivity index (χ3n) is 2.93. The van der Waals surface area contributed by atoms with Crippen LogP contribution >= 0.6 is 0 Å². The standard InChI is InChI=1S/C15H20N4O/c1-12(20)17-14-5-3-13(4-6-14)11-16-9-7-15-8-10-19(2)18-15/h3-6,8,10,16H,7,9,11H2,1-2H3,(H,17,20). The monoisotopic (exact) mass is 272 g/mol. The Morgan fingerprint density at radius 2 is 2.00 bits per heavy atom. The molecule has 0 unspecified atom stereocenters. The highest BCUT2D eigenvalue weighted by Gasteiger charge is 1.98. The highest BCUT2D eigenvalue weighted by molar-refractivity contribution is 5.88. The maximum Gasteiger partial charge on any atom is 0.221 e. The molecule has 1 heterocycles. The van der Waals surface area contributed by atoms with Crippen LogP contribution in [0.15, 0.2) is 36.5 Å². The first-order valence-electron chi connectivity index (χ1n) is 6.69. The summed E-state index contributed by atoms with van der Waals surface area (Å²) in [6.07, 6.45) is 2.88. The minimum absolute atomic E-state index is 0.0498. The van der Waals surface area contributed by atoms with E-state index in [2.05, 4.69) is 15.7 Å². The second kappa shape index (κ2) is 6.86. The Kier molecular flexibility index (Phi) is 4.90. The van der Waals surface area contributed by atoms with E-state index in [-0.39, 0.29) is 5.91 Å². The molecule has 20 heavy (non-hydrogen) atoms. The van der Waals surface area contributed by atoms with E-state index >= 15 is 0 Å². The lowest BCUT2D eigenvalue weighted by Crippen LogP contribution is -2.17. The molecule has 2 aromatic rings. The van der Waals surface area contributed by atoms with Gasteiger partial charge in [0.05, 0.1) is 5.69 Å². The van der Waals surface area contributed by atoms with Crippen molar-refractivity contribution in [3.63, 3.8) is 0 Å². The molecule has 0 spiro atoms. The fourth-order valence-electron chi connectivity index (χ4n) is 1.95. The molecule has 0 radical (unpaired) electrons. The molecule has 1 amide bonds. The zero-order chi connectivity index (χ0) is 14.4. The quantitative estimate of drug-likeness (QED) is 0.787. The molecule has 0 aliphatic heterocycles.